The van der Waals surface area contributed by atoms with Gasteiger partial charge in [-0.05, 0) is 37.1 Å². The molecule has 6 nitrogen and oxygen atoms in total. The Morgan fingerprint density at radius 1 is 1.15 bits per heavy atom. The minimum atomic E-state index is -0.215. The van der Waals surface area contributed by atoms with Crippen LogP contribution in [0.5, 0.6) is 0 Å². The molecule has 1 aromatic heterocycles. The van der Waals surface area contributed by atoms with Crippen LogP contribution in [0.3, 0.4) is 0 Å². The zero-order valence-electron chi connectivity index (χ0n) is 13.9. The predicted molar refractivity (Wildman–Crippen MR) is 98.9 cm³/mol. The quantitative estimate of drug-likeness (QED) is 0.723. The van der Waals surface area contributed by atoms with Crippen LogP contribution in [0.4, 0.5) is 10.5 Å². The zero-order valence-corrected chi connectivity index (χ0v) is 14.7. The van der Waals surface area contributed by atoms with Gasteiger partial charge in [0, 0.05) is 22.8 Å². The number of rotatable bonds is 3. The number of hydrogen-bond donors (Lipinski definition) is 1. The van der Waals surface area contributed by atoms with Gasteiger partial charge < -0.3 is 14.7 Å². The van der Waals surface area contributed by atoms with E-state index >= 15 is 0 Å². The third-order valence-corrected chi connectivity index (χ3v) is 4.62. The second kappa shape index (κ2) is 7.17. The van der Waals surface area contributed by atoms with Crippen molar-refractivity contribution in [3.05, 3.63) is 65.5 Å². The van der Waals surface area contributed by atoms with Crippen molar-refractivity contribution in [1.82, 2.24) is 15.0 Å². The van der Waals surface area contributed by atoms with Crippen LogP contribution in [-0.2, 0) is 0 Å². The van der Waals surface area contributed by atoms with Gasteiger partial charge in [-0.15, -0.1) is 0 Å². The lowest BCUT2D eigenvalue weighted by atomic mass is 10.2. The number of halogens is 1. The van der Waals surface area contributed by atoms with E-state index in [-0.39, 0.29) is 12.1 Å². The highest BCUT2D eigenvalue weighted by Crippen LogP contribution is 2.32. The molecule has 0 aliphatic carbocycles. The molecule has 0 saturated carbocycles. The van der Waals surface area contributed by atoms with E-state index in [2.05, 4.69) is 15.5 Å². The van der Waals surface area contributed by atoms with Gasteiger partial charge in [-0.2, -0.15) is 4.98 Å². The second-order valence-electron chi connectivity index (χ2n) is 6.11. The Morgan fingerprint density at radius 2 is 1.92 bits per heavy atom. The second-order valence-corrected chi connectivity index (χ2v) is 6.55. The summed E-state index contributed by atoms with van der Waals surface area (Å²) in [6, 6.07) is 16.2. The van der Waals surface area contributed by atoms with Crippen molar-refractivity contribution < 1.29 is 9.32 Å². The molecular weight excluding hydrogens is 352 g/mol. The number of carbonyl (C=O) groups is 1. The number of likely N-dealkylation sites (tertiary alicyclic amines) is 1. The molecule has 2 amide bonds. The fourth-order valence-electron chi connectivity index (χ4n) is 3.07. The number of anilines is 1. The molecule has 4 rings (SSSR count). The van der Waals surface area contributed by atoms with Gasteiger partial charge in [0.2, 0.25) is 11.7 Å². The number of urea groups is 1. The average molecular weight is 369 g/mol. The summed E-state index contributed by atoms with van der Waals surface area (Å²) in [5, 5.41) is 7.57. The Labute approximate surface area is 155 Å². The Kier molecular flexibility index (Phi) is 4.58. The van der Waals surface area contributed by atoms with Crippen LogP contribution in [0.2, 0.25) is 5.02 Å². The molecule has 0 spiro atoms. The fraction of sp³-hybridized carbons (Fsp3) is 0.211. The van der Waals surface area contributed by atoms with Crippen LogP contribution in [-0.4, -0.2) is 27.6 Å². The zero-order chi connectivity index (χ0) is 17.9. The van der Waals surface area contributed by atoms with Crippen molar-refractivity contribution in [1.29, 1.82) is 0 Å². The van der Waals surface area contributed by atoms with E-state index < -0.39 is 0 Å². The molecule has 2 heterocycles. The SMILES string of the molecule is O=C(Nc1ccc(Cl)cc1)N1CCCC1c1nc(-c2ccccc2)no1. The molecule has 1 aliphatic rings. The van der Waals surface area contributed by atoms with Gasteiger partial charge in [0.25, 0.3) is 0 Å². The molecule has 1 fully saturated rings. The summed E-state index contributed by atoms with van der Waals surface area (Å²) >= 11 is 5.88. The molecule has 7 heteroatoms. The predicted octanol–water partition coefficient (Wildman–Crippen LogP) is 4.76. The number of carbonyl (C=O) groups excluding carboxylic acids is 1. The van der Waals surface area contributed by atoms with Crippen LogP contribution in [0.1, 0.15) is 24.8 Å². The Hall–Kier alpha value is -2.86. The normalized spacial score (nSPS) is 16.7. The van der Waals surface area contributed by atoms with Gasteiger partial charge in [-0.3, -0.25) is 0 Å². The summed E-state index contributed by atoms with van der Waals surface area (Å²) in [5.74, 6) is 0.998. The number of amides is 2. The lowest BCUT2D eigenvalue weighted by molar-refractivity contribution is 0.193. The van der Waals surface area contributed by atoms with Gasteiger partial charge in [0.15, 0.2) is 0 Å². The van der Waals surface area contributed by atoms with Crippen molar-refractivity contribution >= 4 is 23.3 Å². The minimum Gasteiger partial charge on any atom is -0.337 e. The number of nitrogens with one attached hydrogen (secondary N) is 1. The summed E-state index contributed by atoms with van der Waals surface area (Å²) in [4.78, 5) is 18.9. The van der Waals surface area contributed by atoms with Gasteiger partial charge in [0.1, 0.15) is 6.04 Å². The number of hydrogen-bond acceptors (Lipinski definition) is 4. The van der Waals surface area contributed by atoms with Crippen LogP contribution in [0.25, 0.3) is 11.4 Å². The highest BCUT2D eigenvalue weighted by atomic mass is 35.5. The van der Waals surface area contributed by atoms with E-state index in [1.807, 2.05) is 30.3 Å². The topological polar surface area (TPSA) is 71.3 Å². The van der Waals surface area contributed by atoms with Crippen molar-refractivity contribution in [2.24, 2.45) is 0 Å². The monoisotopic (exact) mass is 368 g/mol. The van der Waals surface area contributed by atoms with E-state index in [0.717, 1.165) is 18.4 Å². The summed E-state index contributed by atoms with van der Waals surface area (Å²) in [6.07, 6.45) is 1.69. The summed E-state index contributed by atoms with van der Waals surface area (Å²) < 4.78 is 5.45. The molecule has 0 radical (unpaired) electrons. The molecule has 132 valence electrons. The van der Waals surface area contributed by atoms with E-state index in [9.17, 15) is 4.79 Å². The Bertz CT molecular complexity index is 895. The van der Waals surface area contributed by atoms with Crippen molar-refractivity contribution in [2.45, 2.75) is 18.9 Å². The van der Waals surface area contributed by atoms with E-state index in [0.29, 0.717) is 29.0 Å². The van der Waals surface area contributed by atoms with Crippen molar-refractivity contribution in [3.8, 4) is 11.4 Å². The maximum atomic E-state index is 12.7. The molecule has 1 saturated heterocycles. The van der Waals surface area contributed by atoms with E-state index in [1.54, 1.807) is 29.2 Å². The smallest absolute Gasteiger partial charge is 0.322 e. The van der Waals surface area contributed by atoms with Crippen LogP contribution >= 0.6 is 11.6 Å². The van der Waals surface area contributed by atoms with Crippen LogP contribution < -0.4 is 5.32 Å². The number of benzene rings is 2. The first-order valence-electron chi connectivity index (χ1n) is 8.43. The highest BCUT2D eigenvalue weighted by molar-refractivity contribution is 6.30. The van der Waals surface area contributed by atoms with Crippen molar-refractivity contribution in [2.75, 3.05) is 11.9 Å². The van der Waals surface area contributed by atoms with Crippen LogP contribution in [0.15, 0.2) is 59.1 Å². The Morgan fingerprint density at radius 3 is 2.69 bits per heavy atom. The van der Waals surface area contributed by atoms with E-state index in [1.165, 1.54) is 0 Å². The lowest BCUT2D eigenvalue weighted by Gasteiger charge is -2.22. The van der Waals surface area contributed by atoms with E-state index in [4.69, 9.17) is 16.1 Å². The summed E-state index contributed by atoms with van der Waals surface area (Å²) in [7, 11) is 0. The summed E-state index contributed by atoms with van der Waals surface area (Å²) in [5.41, 5.74) is 1.58. The number of nitrogens with zero attached hydrogens (tertiary/aromatic N) is 3. The van der Waals surface area contributed by atoms with Crippen molar-refractivity contribution in [3.63, 3.8) is 0 Å². The summed E-state index contributed by atoms with van der Waals surface area (Å²) in [6.45, 7) is 0.646. The molecule has 1 atom stereocenters. The first-order chi connectivity index (χ1) is 12.7. The first-order valence-corrected chi connectivity index (χ1v) is 8.81. The molecule has 3 aromatic rings. The van der Waals surface area contributed by atoms with Gasteiger partial charge in [-0.1, -0.05) is 47.1 Å². The first kappa shape index (κ1) is 16.6. The maximum absolute atomic E-state index is 12.7. The molecule has 1 N–H and O–H groups in total. The largest absolute Gasteiger partial charge is 0.337 e. The minimum absolute atomic E-state index is 0.186. The van der Waals surface area contributed by atoms with Crippen LogP contribution in [0, 0.1) is 0 Å². The molecule has 26 heavy (non-hydrogen) atoms. The van der Waals surface area contributed by atoms with Gasteiger partial charge in [0.05, 0.1) is 0 Å². The highest BCUT2D eigenvalue weighted by Gasteiger charge is 2.34. The third-order valence-electron chi connectivity index (χ3n) is 4.37. The molecular formula is C19H17ClN4O2. The third kappa shape index (κ3) is 3.41. The maximum Gasteiger partial charge on any atom is 0.322 e. The lowest BCUT2D eigenvalue weighted by Crippen LogP contribution is -2.34. The Balaban J connectivity index is 1.50. The number of aromatic nitrogens is 2. The average Bonchev–Trinajstić information content (AvgIpc) is 3.33. The van der Waals surface area contributed by atoms with Gasteiger partial charge in [-0.25, -0.2) is 4.79 Å². The van der Waals surface area contributed by atoms with Gasteiger partial charge >= 0.3 is 6.03 Å². The molecule has 1 aliphatic heterocycles. The fourth-order valence-corrected chi connectivity index (χ4v) is 3.20. The molecule has 2 aromatic carbocycles. The molecule has 0 bridgehead atoms. The molecule has 1 unspecified atom stereocenters. The standard InChI is InChI=1S/C19H17ClN4O2/c20-14-8-10-15(11-9-14)21-19(25)24-12-4-7-16(24)18-22-17(23-26-18)13-5-2-1-3-6-13/h1-3,5-6,8-11,16H,4,7,12H2,(H,21,25).